The second-order valence-corrected chi connectivity index (χ2v) is 6.81. The number of aryl methyl sites for hydroxylation is 1. The fourth-order valence-electron chi connectivity index (χ4n) is 2.96. The van der Waals surface area contributed by atoms with Gasteiger partial charge in [0, 0.05) is 16.6 Å². The van der Waals surface area contributed by atoms with Gasteiger partial charge in [-0.25, -0.2) is 0 Å². The molecule has 2 N–H and O–H groups in total. The predicted molar refractivity (Wildman–Crippen MR) is 108 cm³/mol. The molecule has 3 rings (SSSR count). The van der Waals surface area contributed by atoms with Crippen molar-refractivity contribution < 1.29 is 14.6 Å². The van der Waals surface area contributed by atoms with Gasteiger partial charge in [-0.05, 0) is 59.6 Å². The number of Topliss-reactive ketones (excluding diaryl/α,β-unsaturated/α-hetero) is 1. The Hall–Kier alpha value is -3.04. The minimum absolute atomic E-state index is 0.00268. The van der Waals surface area contributed by atoms with Crippen LogP contribution in [0, 0.1) is 18.3 Å². The number of nitrogens with zero attached hydrogens (tertiary/aromatic N) is 1. The van der Waals surface area contributed by atoms with Gasteiger partial charge in [0.2, 0.25) is 5.78 Å². The number of carbonyl (C=O) groups is 1. The fraction of sp³-hybridized carbons (Fsp3) is 0.143. The Labute approximate surface area is 165 Å². The summed E-state index contributed by atoms with van der Waals surface area (Å²) in [5.41, 5.74) is 2.63. The van der Waals surface area contributed by atoms with Gasteiger partial charge in [0.15, 0.2) is 11.5 Å². The molecule has 0 amide bonds. The Morgan fingerprint density at radius 3 is 2.81 bits per heavy atom. The largest absolute Gasteiger partial charge is 0.503 e. The number of phenolic OH excluding ortho intramolecular Hbond substituents is 1. The van der Waals surface area contributed by atoms with Crippen molar-refractivity contribution in [3.8, 4) is 17.6 Å². The van der Waals surface area contributed by atoms with E-state index in [1.807, 2.05) is 37.3 Å². The van der Waals surface area contributed by atoms with Crippen LogP contribution in [0.4, 0.5) is 0 Å². The van der Waals surface area contributed by atoms with Gasteiger partial charge >= 0.3 is 0 Å². The molecule has 0 saturated heterocycles. The van der Waals surface area contributed by atoms with E-state index in [9.17, 15) is 15.2 Å². The molecule has 5 nitrogen and oxygen atoms in total. The summed E-state index contributed by atoms with van der Waals surface area (Å²) in [6, 6.07) is 12.7. The van der Waals surface area contributed by atoms with Crippen molar-refractivity contribution in [1.82, 2.24) is 4.98 Å². The van der Waals surface area contributed by atoms with E-state index < -0.39 is 0 Å². The van der Waals surface area contributed by atoms with Crippen molar-refractivity contribution in [2.24, 2.45) is 0 Å². The highest BCUT2D eigenvalue weighted by Crippen LogP contribution is 2.36. The molecular weight excluding hydrogens is 408 g/mol. The number of allylic oxidation sites excluding steroid dienone is 1. The highest BCUT2D eigenvalue weighted by molar-refractivity contribution is 9.10. The van der Waals surface area contributed by atoms with Gasteiger partial charge in [-0.15, -0.1) is 0 Å². The molecule has 0 bridgehead atoms. The lowest BCUT2D eigenvalue weighted by Crippen LogP contribution is -2.03. The molecule has 2 aromatic carbocycles. The van der Waals surface area contributed by atoms with Crippen molar-refractivity contribution >= 4 is 38.7 Å². The number of ketones is 1. The van der Waals surface area contributed by atoms with E-state index >= 15 is 0 Å². The van der Waals surface area contributed by atoms with E-state index in [2.05, 4.69) is 20.9 Å². The smallest absolute Gasteiger partial charge is 0.205 e. The number of rotatable bonds is 5. The third-order valence-corrected chi connectivity index (χ3v) is 4.75. The summed E-state index contributed by atoms with van der Waals surface area (Å²) in [5, 5.41) is 20.4. The van der Waals surface area contributed by atoms with Crippen molar-refractivity contribution in [1.29, 1.82) is 5.26 Å². The van der Waals surface area contributed by atoms with Gasteiger partial charge in [-0.1, -0.05) is 18.2 Å². The third kappa shape index (κ3) is 3.60. The quantitative estimate of drug-likeness (QED) is 0.337. The molecule has 0 atom stereocenters. The number of phenols is 1. The number of benzene rings is 2. The number of aromatic amines is 1. The van der Waals surface area contributed by atoms with Crippen molar-refractivity contribution in [3.05, 3.63) is 63.3 Å². The van der Waals surface area contributed by atoms with Gasteiger partial charge < -0.3 is 14.8 Å². The van der Waals surface area contributed by atoms with Crippen LogP contribution in [0.15, 0.2) is 46.4 Å². The average molecular weight is 425 g/mol. The number of aromatic hydroxyl groups is 1. The zero-order valence-corrected chi connectivity index (χ0v) is 16.4. The molecule has 6 heteroatoms. The number of halogens is 1. The van der Waals surface area contributed by atoms with Crippen LogP contribution in [0.3, 0.4) is 0 Å². The maximum atomic E-state index is 13.0. The van der Waals surface area contributed by atoms with E-state index in [1.54, 1.807) is 19.1 Å². The number of nitrogens with one attached hydrogen (secondary N) is 1. The Bertz CT molecular complexity index is 1110. The minimum Gasteiger partial charge on any atom is -0.503 e. The molecule has 0 aliphatic rings. The van der Waals surface area contributed by atoms with E-state index in [-0.39, 0.29) is 22.9 Å². The molecule has 0 aliphatic carbocycles. The lowest BCUT2D eigenvalue weighted by atomic mass is 9.99. The number of hydrogen-bond donors (Lipinski definition) is 2. The van der Waals surface area contributed by atoms with E-state index in [4.69, 9.17) is 4.74 Å². The number of para-hydroxylation sites is 1. The molecular formula is C21H17BrN2O3. The summed E-state index contributed by atoms with van der Waals surface area (Å²) < 4.78 is 5.82. The van der Waals surface area contributed by atoms with Crippen LogP contribution in [0.25, 0.3) is 17.0 Å². The van der Waals surface area contributed by atoms with Gasteiger partial charge in [0.25, 0.3) is 0 Å². The Morgan fingerprint density at radius 1 is 1.37 bits per heavy atom. The van der Waals surface area contributed by atoms with Crippen LogP contribution in [0.5, 0.6) is 11.5 Å². The highest BCUT2D eigenvalue weighted by Gasteiger charge is 2.20. The molecule has 27 heavy (non-hydrogen) atoms. The van der Waals surface area contributed by atoms with Crippen LogP contribution < -0.4 is 4.74 Å². The monoisotopic (exact) mass is 424 g/mol. The lowest BCUT2D eigenvalue weighted by molar-refractivity contribution is 0.104. The van der Waals surface area contributed by atoms with E-state index in [0.29, 0.717) is 27.9 Å². The highest BCUT2D eigenvalue weighted by atomic mass is 79.9. The number of aromatic nitrogens is 1. The Kier molecular flexibility index (Phi) is 5.33. The number of fused-ring (bicyclic) bond motifs is 1. The molecule has 0 saturated carbocycles. The molecule has 0 aliphatic heterocycles. The number of ether oxygens (including phenoxy) is 1. The number of H-pyrrole nitrogens is 1. The summed E-state index contributed by atoms with van der Waals surface area (Å²) in [7, 11) is 0. The SMILES string of the molecule is CCOc1cc(C=C(C#N)C(=O)c2c(C)[nH]c3ccccc23)cc(Br)c1O. The van der Waals surface area contributed by atoms with Crippen LogP contribution in [-0.2, 0) is 0 Å². The number of carbonyl (C=O) groups excluding carboxylic acids is 1. The molecule has 0 fully saturated rings. The summed E-state index contributed by atoms with van der Waals surface area (Å²) in [6.45, 7) is 4.00. The topological polar surface area (TPSA) is 86.1 Å². The van der Waals surface area contributed by atoms with Crippen LogP contribution in [0.2, 0.25) is 0 Å². The normalized spacial score (nSPS) is 11.4. The zero-order chi connectivity index (χ0) is 19.6. The molecule has 0 radical (unpaired) electrons. The summed E-state index contributed by atoms with van der Waals surface area (Å²) in [4.78, 5) is 16.2. The minimum atomic E-state index is -0.352. The maximum Gasteiger partial charge on any atom is 0.205 e. The summed E-state index contributed by atoms with van der Waals surface area (Å²) >= 11 is 3.27. The van der Waals surface area contributed by atoms with Crippen LogP contribution >= 0.6 is 15.9 Å². The van der Waals surface area contributed by atoms with Crippen LogP contribution in [0.1, 0.15) is 28.5 Å². The number of nitriles is 1. The first-order chi connectivity index (χ1) is 13.0. The summed E-state index contributed by atoms with van der Waals surface area (Å²) in [5.74, 6) is -0.0907. The summed E-state index contributed by atoms with van der Waals surface area (Å²) in [6.07, 6.45) is 1.50. The predicted octanol–water partition coefficient (Wildman–Crippen LogP) is 5.13. The van der Waals surface area contributed by atoms with Gasteiger partial charge in [-0.3, -0.25) is 4.79 Å². The zero-order valence-electron chi connectivity index (χ0n) is 14.8. The molecule has 1 heterocycles. The van der Waals surface area contributed by atoms with Gasteiger partial charge in [0.05, 0.1) is 16.6 Å². The number of hydrogen-bond acceptors (Lipinski definition) is 4. The second-order valence-electron chi connectivity index (χ2n) is 5.95. The van der Waals surface area contributed by atoms with E-state index in [0.717, 1.165) is 10.9 Å². The van der Waals surface area contributed by atoms with Gasteiger partial charge in [-0.2, -0.15) is 5.26 Å². The van der Waals surface area contributed by atoms with Crippen molar-refractivity contribution in [2.75, 3.05) is 6.61 Å². The van der Waals surface area contributed by atoms with Crippen molar-refractivity contribution in [2.45, 2.75) is 13.8 Å². The molecule has 1 aromatic heterocycles. The fourth-order valence-corrected chi connectivity index (χ4v) is 3.42. The average Bonchev–Trinajstić information content (AvgIpc) is 2.99. The standard InChI is InChI=1S/C21H17BrN2O3/c1-3-27-18-10-13(9-16(22)21(18)26)8-14(11-23)20(25)19-12(2)24-17-7-5-4-6-15(17)19/h4-10,24,26H,3H2,1-2H3. The molecule has 136 valence electrons. The maximum absolute atomic E-state index is 13.0. The van der Waals surface area contributed by atoms with Crippen LogP contribution in [-0.4, -0.2) is 22.5 Å². The van der Waals surface area contributed by atoms with E-state index in [1.165, 1.54) is 6.08 Å². The molecule has 0 spiro atoms. The van der Waals surface area contributed by atoms with Gasteiger partial charge in [0.1, 0.15) is 11.6 Å². The third-order valence-electron chi connectivity index (χ3n) is 4.15. The first-order valence-corrected chi connectivity index (χ1v) is 9.14. The Balaban J connectivity index is 2.08. The van der Waals surface area contributed by atoms with Crippen molar-refractivity contribution in [3.63, 3.8) is 0 Å². The molecule has 3 aromatic rings. The molecule has 0 unspecified atom stereocenters. The second kappa shape index (κ2) is 7.68. The first kappa shape index (κ1) is 18.7. The Morgan fingerprint density at radius 2 is 2.11 bits per heavy atom. The lowest BCUT2D eigenvalue weighted by Gasteiger charge is -2.09. The first-order valence-electron chi connectivity index (χ1n) is 8.35.